The van der Waals surface area contributed by atoms with Gasteiger partial charge in [0.2, 0.25) is 0 Å². The van der Waals surface area contributed by atoms with E-state index >= 15 is 0 Å². The van der Waals surface area contributed by atoms with Gasteiger partial charge in [0, 0.05) is 11.6 Å². The van der Waals surface area contributed by atoms with Crippen LogP contribution >= 0.6 is 0 Å². The highest BCUT2D eigenvalue weighted by atomic mass is 16.6. The maximum absolute atomic E-state index is 11.7. The molecule has 32 heavy (non-hydrogen) atoms. The summed E-state index contributed by atoms with van der Waals surface area (Å²) in [5, 5.41) is 6.76. The Morgan fingerprint density at radius 2 is 1.50 bits per heavy atom. The van der Waals surface area contributed by atoms with E-state index in [1.807, 2.05) is 78.9 Å². The van der Waals surface area contributed by atoms with Crippen LogP contribution in [0.4, 0.5) is 0 Å². The molecule has 0 atom stereocenters. The molecule has 3 aromatic carbocycles. The van der Waals surface area contributed by atoms with Crippen LogP contribution in [-0.4, -0.2) is 24.8 Å². The minimum absolute atomic E-state index is 0.0946. The van der Waals surface area contributed by atoms with Crippen LogP contribution in [0.15, 0.2) is 84.0 Å². The second-order valence-corrected chi connectivity index (χ2v) is 7.60. The number of hydrogen-bond acceptors (Lipinski definition) is 5. The molecule has 6 nitrogen and oxygen atoms in total. The third-order valence-corrected chi connectivity index (χ3v) is 4.86. The number of carbonyl (C=O) groups excluding carboxylic acids is 1. The lowest BCUT2D eigenvalue weighted by atomic mass is 10.2. The number of amides is 1. The predicted octanol–water partition coefficient (Wildman–Crippen LogP) is 4.47. The van der Waals surface area contributed by atoms with Crippen LogP contribution in [0.5, 0.6) is 11.5 Å². The van der Waals surface area contributed by atoms with E-state index in [0.717, 1.165) is 29.5 Å². The topological polar surface area (TPSA) is 69.2 Å². The maximum atomic E-state index is 11.7. The number of rotatable bonds is 11. The summed E-state index contributed by atoms with van der Waals surface area (Å²) in [7, 11) is 0. The van der Waals surface area contributed by atoms with E-state index in [9.17, 15) is 4.79 Å². The quantitative estimate of drug-likeness (QED) is 0.360. The summed E-state index contributed by atoms with van der Waals surface area (Å²) < 4.78 is 12.1. The van der Waals surface area contributed by atoms with Crippen molar-refractivity contribution < 1.29 is 19.1 Å². The van der Waals surface area contributed by atoms with Crippen LogP contribution in [0.2, 0.25) is 0 Å². The third kappa shape index (κ3) is 6.87. The van der Waals surface area contributed by atoms with E-state index in [2.05, 4.69) is 10.5 Å². The zero-order valence-corrected chi connectivity index (χ0v) is 17.8. The monoisotopic (exact) mass is 430 g/mol. The molecule has 0 spiro atoms. The fraction of sp³-hybridized carbons (Fsp3) is 0.231. The Labute approximate surface area is 187 Å². The van der Waals surface area contributed by atoms with Crippen molar-refractivity contribution in [1.82, 2.24) is 5.32 Å². The molecule has 0 radical (unpaired) electrons. The van der Waals surface area contributed by atoms with Crippen molar-refractivity contribution in [2.75, 3.05) is 6.61 Å². The van der Waals surface area contributed by atoms with Crippen molar-refractivity contribution in [2.24, 2.45) is 5.16 Å². The fourth-order valence-electron chi connectivity index (χ4n) is 3.00. The van der Waals surface area contributed by atoms with E-state index in [1.54, 1.807) is 6.21 Å². The van der Waals surface area contributed by atoms with Gasteiger partial charge in [0.25, 0.3) is 5.91 Å². The molecule has 164 valence electrons. The van der Waals surface area contributed by atoms with Crippen LogP contribution in [0.25, 0.3) is 0 Å². The molecule has 0 saturated heterocycles. The molecule has 0 heterocycles. The Kier molecular flexibility index (Phi) is 7.37. The molecular formula is C26H26N2O4. The molecule has 1 fully saturated rings. The number of hydrogen-bond donors (Lipinski definition) is 1. The van der Waals surface area contributed by atoms with Gasteiger partial charge in [-0.25, -0.2) is 0 Å². The fourth-order valence-corrected chi connectivity index (χ4v) is 3.00. The Balaban J connectivity index is 1.40. The van der Waals surface area contributed by atoms with Gasteiger partial charge >= 0.3 is 0 Å². The molecule has 1 amide bonds. The molecule has 6 heteroatoms. The van der Waals surface area contributed by atoms with Gasteiger partial charge in [-0.3, -0.25) is 4.79 Å². The third-order valence-electron chi connectivity index (χ3n) is 4.86. The van der Waals surface area contributed by atoms with E-state index in [0.29, 0.717) is 30.8 Å². The molecule has 4 rings (SSSR count). The van der Waals surface area contributed by atoms with Gasteiger partial charge < -0.3 is 19.6 Å². The zero-order valence-electron chi connectivity index (χ0n) is 17.8. The number of benzene rings is 3. The lowest BCUT2D eigenvalue weighted by molar-refractivity contribution is -0.125. The summed E-state index contributed by atoms with van der Waals surface area (Å²) in [6.45, 7) is 0.763. The second-order valence-electron chi connectivity index (χ2n) is 7.60. The predicted molar refractivity (Wildman–Crippen MR) is 123 cm³/mol. The van der Waals surface area contributed by atoms with Gasteiger partial charge in [-0.05, 0) is 42.2 Å². The number of carbonyl (C=O) groups is 1. The zero-order chi connectivity index (χ0) is 22.0. The molecule has 1 saturated carbocycles. The van der Waals surface area contributed by atoms with Gasteiger partial charge in [-0.1, -0.05) is 65.8 Å². The van der Waals surface area contributed by atoms with Crippen LogP contribution in [0.3, 0.4) is 0 Å². The van der Waals surface area contributed by atoms with Gasteiger partial charge in [-0.15, -0.1) is 0 Å². The Morgan fingerprint density at radius 3 is 2.12 bits per heavy atom. The van der Waals surface area contributed by atoms with Gasteiger partial charge in [0.05, 0.1) is 6.21 Å². The van der Waals surface area contributed by atoms with Crippen molar-refractivity contribution in [3.63, 3.8) is 0 Å². The van der Waals surface area contributed by atoms with Crippen LogP contribution in [0.1, 0.15) is 29.5 Å². The lowest BCUT2D eigenvalue weighted by Crippen LogP contribution is -2.28. The number of nitrogens with zero attached hydrogens (tertiary/aromatic N) is 1. The summed E-state index contributed by atoms with van der Waals surface area (Å²) in [5.41, 5.74) is 2.92. The summed E-state index contributed by atoms with van der Waals surface area (Å²) in [6, 6.07) is 25.8. The standard InChI is InChI=1S/C26H26N2O4/c29-26(28-23-12-13-23)19-32-27-16-22-11-14-24(30-17-20-7-3-1-4-8-20)25(15-22)31-18-21-9-5-2-6-10-21/h1-11,14-16,23H,12-13,17-19H2,(H,28,29). The highest BCUT2D eigenvalue weighted by Crippen LogP contribution is 2.29. The van der Waals surface area contributed by atoms with Gasteiger partial charge in [0.1, 0.15) is 13.2 Å². The summed E-state index contributed by atoms with van der Waals surface area (Å²) in [4.78, 5) is 16.8. The highest BCUT2D eigenvalue weighted by molar-refractivity contribution is 5.81. The normalized spacial score (nSPS) is 13.0. The van der Waals surface area contributed by atoms with E-state index in [4.69, 9.17) is 14.3 Å². The van der Waals surface area contributed by atoms with Crippen molar-refractivity contribution in [1.29, 1.82) is 0 Å². The molecule has 0 aliphatic heterocycles. The number of ether oxygens (including phenoxy) is 2. The first kappa shape index (κ1) is 21.4. The number of oxime groups is 1. The first-order valence-electron chi connectivity index (χ1n) is 10.7. The Morgan fingerprint density at radius 1 is 0.875 bits per heavy atom. The average Bonchev–Trinajstić information content (AvgIpc) is 3.65. The largest absolute Gasteiger partial charge is 0.485 e. The van der Waals surface area contributed by atoms with Crippen LogP contribution in [-0.2, 0) is 22.8 Å². The van der Waals surface area contributed by atoms with Crippen molar-refractivity contribution >= 4 is 12.1 Å². The van der Waals surface area contributed by atoms with Crippen LogP contribution in [0, 0.1) is 0 Å². The average molecular weight is 431 g/mol. The minimum atomic E-state index is -0.152. The van der Waals surface area contributed by atoms with E-state index in [-0.39, 0.29) is 12.5 Å². The van der Waals surface area contributed by atoms with Crippen molar-refractivity contribution in [2.45, 2.75) is 32.1 Å². The summed E-state index contributed by atoms with van der Waals surface area (Å²) >= 11 is 0. The Bertz CT molecular complexity index is 1030. The first-order chi connectivity index (χ1) is 15.8. The summed E-state index contributed by atoms with van der Waals surface area (Å²) in [5.74, 6) is 1.10. The first-order valence-corrected chi connectivity index (χ1v) is 10.7. The SMILES string of the molecule is O=C(CON=Cc1ccc(OCc2ccccc2)c(OCc2ccccc2)c1)NC1CC1. The highest BCUT2D eigenvalue weighted by Gasteiger charge is 2.23. The van der Waals surface area contributed by atoms with E-state index in [1.165, 1.54) is 0 Å². The van der Waals surface area contributed by atoms with E-state index < -0.39 is 0 Å². The van der Waals surface area contributed by atoms with Crippen molar-refractivity contribution in [3.05, 3.63) is 95.6 Å². The van der Waals surface area contributed by atoms with Gasteiger partial charge in [0.15, 0.2) is 18.1 Å². The number of nitrogens with one attached hydrogen (secondary N) is 1. The molecule has 3 aromatic rings. The lowest BCUT2D eigenvalue weighted by Gasteiger charge is -2.14. The smallest absolute Gasteiger partial charge is 0.260 e. The molecule has 1 aliphatic rings. The molecular weight excluding hydrogens is 404 g/mol. The van der Waals surface area contributed by atoms with Crippen LogP contribution < -0.4 is 14.8 Å². The van der Waals surface area contributed by atoms with Crippen molar-refractivity contribution in [3.8, 4) is 11.5 Å². The molecule has 0 bridgehead atoms. The molecule has 1 aliphatic carbocycles. The second kappa shape index (κ2) is 11.0. The Hall–Kier alpha value is -3.80. The minimum Gasteiger partial charge on any atom is -0.485 e. The molecule has 0 unspecified atom stereocenters. The summed E-state index contributed by atoms with van der Waals surface area (Å²) in [6.07, 6.45) is 3.64. The molecule has 0 aromatic heterocycles. The molecule has 1 N–H and O–H groups in total. The van der Waals surface area contributed by atoms with Gasteiger partial charge in [-0.2, -0.15) is 0 Å². The maximum Gasteiger partial charge on any atom is 0.260 e.